The molecule has 4 rings (SSSR count). The molecule has 9 heteroatoms. The number of rotatable bonds is 4. The van der Waals surface area contributed by atoms with Gasteiger partial charge >= 0.3 is 0 Å². The van der Waals surface area contributed by atoms with Crippen molar-refractivity contribution in [1.82, 2.24) is 30.0 Å². The van der Waals surface area contributed by atoms with Crippen LogP contribution in [0, 0.1) is 0 Å². The highest BCUT2D eigenvalue weighted by Gasteiger charge is 2.29. The molecule has 0 bridgehead atoms. The molecule has 3 aromatic heterocycles. The van der Waals surface area contributed by atoms with E-state index in [0.717, 1.165) is 0 Å². The number of piperidine rings is 1. The number of nitrogens with one attached hydrogen (secondary N) is 1. The number of H-pyrrole nitrogens is 1. The Labute approximate surface area is 167 Å². The van der Waals surface area contributed by atoms with Crippen molar-refractivity contribution < 1.29 is 9.32 Å². The summed E-state index contributed by atoms with van der Waals surface area (Å²) in [6.45, 7) is 5.07. The number of hydrogen-bond donors (Lipinski definition) is 1. The van der Waals surface area contributed by atoms with Crippen molar-refractivity contribution in [3.05, 3.63) is 58.4 Å². The van der Waals surface area contributed by atoms with Crippen LogP contribution in [-0.2, 0) is 0 Å². The van der Waals surface area contributed by atoms with E-state index in [-0.39, 0.29) is 23.3 Å². The summed E-state index contributed by atoms with van der Waals surface area (Å²) in [6.07, 6.45) is 6.01. The van der Waals surface area contributed by atoms with Crippen molar-refractivity contribution in [2.24, 2.45) is 0 Å². The van der Waals surface area contributed by atoms with Crippen LogP contribution in [0.25, 0.3) is 11.4 Å². The van der Waals surface area contributed by atoms with Crippen LogP contribution in [0.5, 0.6) is 0 Å². The van der Waals surface area contributed by atoms with E-state index in [1.807, 2.05) is 13.8 Å². The minimum atomic E-state index is -0.454. The second kappa shape index (κ2) is 7.94. The largest absolute Gasteiger partial charge is 0.339 e. The Kier molecular flexibility index (Phi) is 5.20. The number of hydrogen-bond acceptors (Lipinski definition) is 7. The normalized spacial score (nSPS) is 15.1. The summed E-state index contributed by atoms with van der Waals surface area (Å²) < 4.78 is 5.39. The van der Waals surface area contributed by atoms with Gasteiger partial charge in [0.05, 0.1) is 0 Å². The topological polar surface area (TPSA) is 118 Å². The molecular formula is C20H22N6O3. The first kappa shape index (κ1) is 19.0. The van der Waals surface area contributed by atoms with Crippen molar-refractivity contribution in [3.63, 3.8) is 0 Å². The molecule has 1 aliphatic heterocycles. The summed E-state index contributed by atoms with van der Waals surface area (Å²) in [5.74, 6) is 1.73. The molecule has 0 atom stereocenters. The molecule has 0 unspecified atom stereocenters. The van der Waals surface area contributed by atoms with Gasteiger partial charge in [-0.1, -0.05) is 19.0 Å². The lowest BCUT2D eigenvalue weighted by molar-refractivity contribution is 0.0702. The van der Waals surface area contributed by atoms with E-state index >= 15 is 0 Å². The van der Waals surface area contributed by atoms with Gasteiger partial charge in [0.2, 0.25) is 5.89 Å². The van der Waals surface area contributed by atoms with Crippen molar-refractivity contribution in [3.8, 4) is 11.4 Å². The van der Waals surface area contributed by atoms with Crippen molar-refractivity contribution in [1.29, 1.82) is 0 Å². The Balaban J connectivity index is 1.43. The third-order valence-corrected chi connectivity index (χ3v) is 5.07. The van der Waals surface area contributed by atoms with Crippen LogP contribution in [0.2, 0.25) is 0 Å². The first-order valence-corrected chi connectivity index (χ1v) is 9.65. The fourth-order valence-electron chi connectivity index (χ4n) is 3.34. The lowest BCUT2D eigenvalue weighted by Crippen LogP contribution is -2.40. The molecule has 0 aromatic carbocycles. The van der Waals surface area contributed by atoms with E-state index in [1.54, 1.807) is 29.4 Å². The van der Waals surface area contributed by atoms with Gasteiger partial charge in [-0.15, -0.1) is 0 Å². The first-order valence-electron chi connectivity index (χ1n) is 9.65. The lowest BCUT2D eigenvalue weighted by atomic mass is 9.96. The third kappa shape index (κ3) is 3.94. The number of carbonyl (C=O) groups is 1. The number of aromatic amines is 1. The molecule has 3 aromatic rings. The predicted octanol–water partition coefficient (Wildman–Crippen LogP) is 2.36. The average Bonchev–Trinajstić information content (AvgIpc) is 3.25. The quantitative estimate of drug-likeness (QED) is 0.721. The highest BCUT2D eigenvalue weighted by molar-refractivity contribution is 5.93. The zero-order valence-electron chi connectivity index (χ0n) is 16.3. The minimum absolute atomic E-state index is 0.0379. The van der Waals surface area contributed by atoms with Gasteiger partial charge in [0, 0.05) is 49.1 Å². The summed E-state index contributed by atoms with van der Waals surface area (Å²) in [5, 5.41) is 4.01. The van der Waals surface area contributed by atoms with Crippen molar-refractivity contribution >= 4 is 5.91 Å². The highest BCUT2D eigenvalue weighted by Crippen LogP contribution is 2.28. The van der Waals surface area contributed by atoms with Gasteiger partial charge in [-0.3, -0.25) is 14.6 Å². The van der Waals surface area contributed by atoms with Crippen LogP contribution in [0.3, 0.4) is 0 Å². The first-order chi connectivity index (χ1) is 14.0. The number of aromatic nitrogens is 5. The Morgan fingerprint density at radius 2 is 2.07 bits per heavy atom. The van der Waals surface area contributed by atoms with Gasteiger partial charge in [0.25, 0.3) is 11.5 Å². The number of amides is 1. The molecule has 0 aliphatic carbocycles. The van der Waals surface area contributed by atoms with E-state index < -0.39 is 5.56 Å². The minimum Gasteiger partial charge on any atom is -0.339 e. The van der Waals surface area contributed by atoms with Crippen LogP contribution in [-0.4, -0.2) is 49.0 Å². The number of pyridine rings is 1. The predicted molar refractivity (Wildman–Crippen MR) is 104 cm³/mol. The maximum Gasteiger partial charge on any atom is 0.264 e. The number of nitrogens with zero attached hydrogens (tertiary/aromatic N) is 5. The van der Waals surface area contributed by atoms with Gasteiger partial charge < -0.3 is 14.4 Å². The average molecular weight is 394 g/mol. The SMILES string of the molecule is CC(C)c1noc(C2CCN(C(=O)c3cnc(-c4cccnc4)[nH]c3=O)CC2)n1. The lowest BCUT2D eigenvalue weighted by Gasteiger charge is -2.30. The summed E-state index contributed by atoms with van der Waals surface area (Å²) in [7, 11) is 0. The molecule has 0 saturated carbocycles. The molecule has 0 radical (unpaired) electrons. The molecule has 29 heavy (non-hydrogen) atoms. The smallest absolute Gasteiger partial charge is 0.264 e. The number of likely N-dealkylation sites (tertiary alicyclic amines) is 1. The third-order valence-electron chi connectivity index (χ3n) is 5.07. The molecule has 1 saturated heterocycles. The molecule has 1 amide bonds. The maximum atomic E-state index is 12.8. The van der Waals surface area contributed by atoms with E-state index in [4.69, 9.17) is 4.52 Å². The van der Waals surface area contributed by atoms with E-state index in [9.17, 15) is 9.59 Å². The van der Waals surface area contributed by atoms with Gasteiger partial charge in [0.15, 0.2) is 5.82 Å². The van der Waals surface area contributed by atoms with Crippen molar-refractivity contribution in [2.45, 2.75) is 38.5 Å². The zero-order valence-corrected chi connectivity index (χ0v) is 16.3. The molecule has 1 fully saturated rings. The molecular weight excluding hydrogens is 372 g/mol. The number of carbonyl (C=O) groups excluding carboxylic acids is 1. The van der Waals surface area contributed by atoms with Crippen LogP contribution >= 0.6 is 0 Å². The molecule has 4 heterocycles. The van der Waals surface area contributed by atoms with E-state index in [2.05, 4.69) is 25.1 Å². The second-order valence-electron chi connectivity index (χ2n) is 7.43. The van der Waals surface area contributed by atoms with Gasteiger partial charge in [-0.2, -0.15) is 4.98 Å². The Hall–Kier alpha value is -3.36. The van der Waals surface area contributed by atoms with Gasteiger partial charge in [0.1, 0.15) is 11.4 Å². The van der Waals surface area contributed by atoms with E-state index in [0.29, 0.717) is 49.0 Å². The van der Waals surface area contributed by atoms with Crippen LogP contribution in [0.15, 0.2) is 40.0 Å². The van der Waals surface area contributed by atoms with Crippen LogP contribution < -0.4 is 5.56 Å². The molecule has 1 aliphatic rings. The Morgan fingerprint density at radius 3 is 2.69 bits per heavy atom. The highest BCUT2D eigenvalue weighted by atomic mass is 16.5. The maximum absolute atomic E-state index is 12.8. The summed E-state index contributed by atoms with van der Waals surface area (Å²) in [5.41, 5.74) is 0.269. The summed E-state index contributed by atoms with van der Waals surface area (Å²) in [4.78, 5) is 42.3. The molecule has 1 N–H and O–H groups in total. The molecule has 9 nitrogen and oxygen atoms in total. The molecule has 150 valence electrons. The van der Waals surface area contributed by atoms with Gasteiger partial charge in [-0.05, 0) is 25.0 Å². The molecule has 0 spiro atoms. The second-order valence-corrected chi connectivity index (χ2v) is 7.43. The van der Waals surface area contributed by atoms with E-state index in [1.165, 1.54) is 6.20 Å². The monoisotopic (exact) mass is 394 g/mol. The fraction of sp³-hybridized carbons (Fsp3) is 0.400. The Morgan fingerprint density at radius 1 is 1.28 bits per heavy atom. The van der Waals surface area contributed by atoms with Crippen LogP contribution in [0.1, 0.15) is 60.6 Å². The fourth-order valence-corrected chi connectivity index (χ4v) is 3.34. The van der Waals surface area contributed by atoms with Crippen LogP contribution in [0.4, 0.5) is 0 Å². The summed E-state index contributed by atoms with van der Waals surface area (Å²) >= 11 is 0. The van der Waals surface area contributed by atoms with Gasteiger partial charge in [-0.25, -0.2) is 4.98 Å². The Bertz CT molecular complexity index is 1050. The standard InChI is InChI=1S/C20H22N6O3/c1-12(2)16-24-19(29-25-16)13-5-8-26(9-6-13)20(28)15-11-22-17(23-18(15)27)14-4-3-7-21-10-14/h3-4,7,10-13H,5-6,8-9H2,1-2H3,(H,22,23,27). The summed E-state index contributed by atoms with van der Waals surface area (Å²) in [6, 6.07) is 3.55. The zero-order chi connectivity index (χ0) is 20.4. The van der Waals surface area contributed by atoms with Crippen molar-refractivity contribution in [2.75, 3.05) is 13.1 Å².